The van der Waals surface area contributed by atoms with E-state index in [0.29, 0.717) is 37.2 Å². The maximum absolute atomic E-state index is 13.6. The Morgan fingerprint density at radius 3 is 2.30 bits per heavy atom. The summed E-state index contributed by atoms with van der Waals surface area (Å²) in [7, 11) is 0. The molecule has 1 amide bonds. The number of hydrogen-bond donors (Lipinski definition) is 0. The van der Waals surface area contributed by atoms with Gasteiger partial charge < -0.3 is 14.5 Å². The minimum absolute atomic E-state index is 0.00827. The van der Waals surface area contributed by atoms with Crippen molar-refractivity contribution in [2.45, 2.75) is 90.3 Å². The summed E-state index contributed by atoms with van der Waals surface area (Å²) < 4.78 is 46.3. The second-order valence-electron chi connectivity index (χ2n) is 10.2. The molecular weight excluding hydrogens is 563 g/mol. The summed E-state index contributed by atoms with van der Waals surface area (Å²) in [6.45, 7) is 7.80. The second-order valence-corrected chi connectivity index (χ2v) is 11.5. The van der Waals surface area contributed by atoms with Crippen molar-refractivity contribution < 1.29 is 22.7 Å². The molecule has 7 nitrogen and oxygen atoms in total. The van der Waals surface area contributed by atoms with E-state index in [0.717, 1.165) is 22.7 Å². The number of ether oxygens (including phenoxy) is 1. The number of anilines is 1. The molecule has 1 aliphatic heterocycles. The number of aromatic nitrogens is 3. The van der Waals surface area contributed by atoms with Crippen molar-refractivity contribution in [3.05, 3.63) is 58.3 Å². The monoisotopic (exact) mass is 595 g/mol. The van der Waals surface area contributed by atoms with Crippen LogP contribution in [0.15, 0.2) is 42.2 Å². The normalized spacial score (nSPS) is 19.6. The highest BCUT2D eigenvalue weighted by Gasteiger charge is 2.41. The van der Waals surface area contributed by atoms with Crippen LogP contribution in [0, 0.1) is 0 Å². The SMILES string of the molecule is CC[C@@H]1C[C@H](N(Cc2cc(Cl)cc(C(F)(F)F)c2)c2ncc(-c3nccs3)cn2)C[C@H](CC)N1C(=O)OC(C)C. The molecule has 3 heterocycles. The summed E-state index contributed by atoms with van der Waals surface area (Å²) in [6, 6.07) is 3.21. The minimum atomic E-state index is -4.53. The van der Waals surface area contributed by atoms with Crippen LogP contribution in [0.1, 0.15) is 64.5 Å². The number of benzene rings is 1. The summed E-state index contributed by atoms with van der Waals surface area (Å²) in [4.78, 5) is 30.4. The van der Waals surface area contributed by atoms with E-state index in [-0.39, 0.29) is 41.9 Å². The van der Waals surface area contributed by atoms with Gasteiger partial charge >= 0.3 is 12.3 Å². The van der Waals surface area contributed by atoms with Crippen LogP contribution in [-0.2, 0) is 17.5 Å². The Morgan fingerprint density at radius 2 is 1.77 bits per heavy atom. The molecule has 216 valence electrons. The topological polar surface area (TPSA) is 71.5 Å². The zero-order chi connectivity index (χ0) is 29.0. The maximum Gasteiger partial charge on any atom is 0.416 e. The number of carbonyl (C=O) groups excluding carboxylic acids is 1. The molecule has 4 rings (SSSR count). The molecule has 12 heteroatoms. The van der Waals surface area contributed by atoms with Gasteiger partial charge in [0.05, 0.1) is 11.7 Å². The van der Waals surface area contributed by atoms with Gasteiger partial charge in [0.25, 0.3) is 0 Å². The molecule has 2 aromatic heterocycles. The van der Waals surface area contributed by atoms with Gasteiger partial charge in [-0.15, -0.1) is 11.3 Å². The highest BCUT2D eigenvalue weighted by Crippen LogP contribution is 2.36. The summed E-state index contributed by atoms with van der Waals surface area (Å²) in [6.07, 6.45) is 2.52. The standard InChI is InChI=1S/C28H33ClF3N5O2S/c1-5-22-12-24(13-23(6-2)37(22)27(38)39-17(3)4)36(16-18-9-20(28(30,31)32)11-21(29)10-18)26-34-14-19(15-35-26)25-33-7-8-40-25/h7-11,14-15,17,22-24H,5-6,12-13,16H2,1-4H3/t22-,23+,24+. The maximum atomic E-state index is 13.6. The first-order valence-electron chi connectivity index (χ1n) is 13.3. The van der Waals surface area contributed by atoms with E-state index in [4.69, 9.17) is 16.3 Å². The second kappa shape index (κ2) is 12.7. The predicted octanol–water partition coefficient (Wildman–Crippen LogP) is 7.85. The van der Waals surface area contributed by atoms with E-state index < -0.39 is 11.7 Å². The van der Waals surface area contributed by atoms with Crippen molar-refractivity contribution in [2.75, 3.05) is 4.90 Å². The molecule has 1 aromatic carbocycles. The number of thiazole rings is 1. The molecule has 3 atom stereocenters. The van der Waals surface area contributed by atoms with E-state index >= 15 is 0 Å². The Hall–Kier alpha value is -2.92. The van der Waals surface area contributed by atoms with Gasteiger partial charge in [-0.05, 0) is 63.3 Å². The van der Waals surface area contributed by atoms with Gasteiger partial charge in [-0.25, -0.2) is 19.7 Å². The van der Waals surface area contributed by atoms with E-state index in [1.807, 2.05) is 42.9 Å². The van der Waals surface area contributed by atoms with Gasteiger partial charge in [-0.1, -0.05) is 25.4 Å². The predicted molar refractivity (Wildman–Crippen MR) is 150 cm³/mol. The van der Waals surface area contributed by atoms with Gasteiger partial charge in [0.15, 0.2) is 0 Å². The molecule has 0 N–H and O–H groups in total. The quantitative estimate of drug-likeness (QED) is 0.264. The summed E-state index contributed by atoms with van der Waals surface area (Å²) in [5.41, 5.74) is 0.346. The number of alkyl halides is 3. The first-order valence-corrected chi connectivity index (χ1v) is 14.6. The lowest BCUT2D eigenvalue weighted by atomic mass is 9.87. The molecule has 40 heavy (non-hydrogen) atoms. The zero-order valence-electron chi connectivity index (χ0n) is 22.9. The number of carbonyl (C=O) groups is 1. The number of hydrogen-bond acceptors (Lipinski definition) is 7. The van der Waals surface area contributed by atoms with E-state index in [1.54, 1.807) is 18.6 Å². The van der Waals surface area contributed by atoms with Gasteiger partial charge in [-0.3, -0.25) is 0 Å². The van der Waals surface area contributed by atoms with Crippen molar-refractivity contribution in [2.24, 2.45) is 0 Å². The van der Waals surface area contributed by atoms with Crippen molar-refractivity contribution in [3.8, 4) is 10.6 Å². The lowest BCUT2D eigenvalue weighted by Crippen LogP contribution is -2.57. The van der Waals surface area contributed by atoms with E-state index in [1.165, 1.54) is 17.4 Å². The van der Waals surface area contributed by atoms with Gasteiger partial charge in [-0.2, -0.15) is 13.2 Å². The lowest BCUT2D eigenvalue weighted by molar-refractivity contribution is -0.137. The van der Waals surface area contributed by atoms with Gasteiger partial charge in [0.2, 0.25) is 5.95 Å². The number of nitrogens with zero attached hydrogens (tertiary/aromatic N) is 5. The lowest BCUT2D eigenvalue weighted by Gasteiger charge is -2.47. The Kier molecular flexibility index (Phi) is 9.56. The molecule has 0 unspecified atom stereocenters. The van der Waals surface area contributed by atoms with Crippen LogP contribution in [0.2, 0.25) is 5.02 Å². The largest absolute Gasteiger partial charge is 0.447 e. The summed E-state index contributed by atoms with van der Waals surface area (Å²) in [5.74, 6) is 0.391. The molecule has 0 radical (unpaired) electrons. The summed E-state index contributed by atoms with van der Waals surface area (Å²) in [5, 5.41) is 2.64. The van der Waals surface area contributed by atoms with Crippen molar-refractivity contribution >= 4 is 35.0 Å². The van der Waals surface area contributed by atoms with Crippen LogP contribution in [0.4, 0.5) is 23.9 Å². The Balaban J connectivity index is 1.70. The third kappa shape index (κ3) is 7.04. The van der Waals surface area contributed by atoms with Crippen molar-refractivity contribution in [1.82, 2.24) is 19.9 Å². The van der Waals surface area contributed by atoms with Crippen LogP contribution < -0.4 is 4.90 Å². The molecule has 0 bridgehead atoms. The first kappa shape index (κ1) is 30.0. The average Bonchev–Trinajstić information content (AvgIpc) is 3.45. The number of amides is 1. The fraction of sp³-hybridized carbons (Fsp3) is 0.500. The molecule has 0 saturated carbocycles. The van der Waals surface area contributed by atoms with Crippen molar-refractivity contribution in [3.63, 3.8) is 0 Å². The van der Waals surface area contributed by atoms with Crippen LogP contribution in [0.5, 0.6) is 0 Å². The molecule has 3 aromatic rings. The van der Waals surface area contributed by atoms with E-state index in [2.05, 4.69) is 15.0 Å². The Labute approximate surface area is 241 Å². The van der Waals surface area contributed by atoms with Gasteiger partial charge in [0.1, 0.15) is 5.01 Å². The Morgan fingerprint density at radius 1 is 1.12 bits per heavy atom. The fourth-order valence-corrected chi connectivity index (χ4v) is 6.07. The number of piperidine rings is 1. The third-order valence-electron chi connectivity index (χ3n) is 7.02. The number of halogens is 4. The van der Waals surface area contributed by atoms with Crippen molar-refractivity contribution in [1.29, 1.82) is 0 Å². The van der Waals surface area contributed by atoms with Crippen LogP contribution >= 0.6 is 22.9 Å². The summed E-state index contributed by atoms with van der Waals surface area (Å²) >= 11 is 7.59. The highest BCUT2D eigenvalue weighted by molar-refractivity contribution is 7.13. The molecular formula is C28H33ClF3N5O2S. The number of rotatable bonds is 8. The van der Waals surface area contributed by atoms with Crippen LogP contribution in [-0.4, -0.2) is 50.2 Å². The molecule has 0 spiro atoms. The van der Waals surface area contributed by atoms with E-state index in [9.17, 15) is 18.0 Å². The third-order valence-corrected chi connectivity index (χ3v) is 8.06. The number of likely N-dealkylation sites (tertiary alicyclic amines) is 1. The minimum Gasteiger partial charge on any atom is -0.447 e. The molecule has 1 saturated heterocycles. The van der Waals surface area contributed by atoms with Gasteiger partial charge in [0, 0.05) is 59.2 Å². The van der Waals surface area contributed by atoms with Crippen LogP contribution in [0.3, 0.4) is 0 Å². The molecule has 1 fully saturated rings. The average molecular weight is 596 g/mol. The molecule has 1 aliphatic rings. The fourth-order valence-electron chi connectivity index (χ4n) is 5.20. The first-order chi connectivity index (χ1) is 19.0. The smallest absolute Gasteiger partial charge is 0.416 e. The van der Waals surface area contributed by atoms with Crippen LogP contribution in [0.25, 0.3) is 10.6 Å². The zero-order valence-corrected chi connectivity index (χ0v) is 24.4. The highest BCUT2D eigenvalue weighted by atomic mass is 35.5. The Bertz CT molecular complexity index is 1260. The molecule has 0 aliphatic carbocycles.